The highest BCUT2D eigenvalue weighted by atomic mass is 19.4. The van der Waals surface area contributed by atoms with Crippen molar-refractivity contribution in [2.24, 2.45) is 0 Å². The minimum Gasteiger partial charge on any atom is -0.344 e. The first kappa shape index (κ1) is 18.4. The number of hydrogen-bond acceptors (Lipinski definition) is 3. The smallest absolute Gasteiger partial charge is 0.344 e. The highest BCUT2D eigenvalue weighted by Gasteiger charge is 2.34. The molecule has 0 spiro atoms. The van der Waals surface area contributed by atoms with E-state index < -0.39 is 23.7 Å². The van der Waals surface area contributed by atoms with Crippen molar-refractivity contribution in [3.63, 3.8) is 0 Å². The Balaban J connectivity index is 1.78. The van der Waals surface area contributed by atoms with Crippen molar-refractivity contribution >= 4 is 5.91 Å². The second-order valence-corrected chi connectivity index (χ2v) is 6.62. The average molecular weight is 366 g/mol. The molecule has 0 saturated carbocycles. The standard InChI is InChI=1S/C18H21F3N4O/c1-12(14-6-3-4-7-15(14)18(19,20)21)22-17(26)16-10-13-11-24(2)8-5-9-25(13)23-16/h3-4,6-7,10,12H,5,8-9,11H2,1-2H3,(H,22,26)/t12-/m1/s1. The molecule has 0 radical (unpaired) electrons. The number of rotatable bonds is 3. The van der Waals surface area contributed by atoms with E-state index in [0.717, 1.165) is 31.3 Å². The second-order valence-electron chi connectivity index (χ2n) is 6.62. The van der Waals surface area contributed by atoms with Crippen molar-refractivity contribution in [2.75, 3.05) is 13.6 Å². The lowest BCUT2D eigenvalue weighted by molar-refractivity contribution is -0.138. The molecule has 1 aromatic carbocycles. The van der Waals surface area contributed by atoms with Crippen molar-refractivity contribution in [2.45, 2.75) is 38.7 Å². The molecule has 140 valence electrons. The molecule has 5 nitrogen and oxygen atoms in total. The molecule has 0 unspecified atom stereocenters. The minimum atomic E-state index is -4.47. The van der Waals surface area contributed by atoms with Crippen LogP contribution in [0.15, 0.2) is 30.3 Å². The van der Waals surface area contributed by atoms with Crippen LogP contribution < -0.4 is 5.32 Å². The number of amides is 1. The van der Waals surface area contributed by atoms with E-state index in [-0.39, 0.29) is 11.3 Å². The number of nitrogens with zero attached hydrogens (tertiary/aromatic N) is 3. The largest absolute Gasteiger partial charge is 0.416 e. The van der Waals surface area contributed by atoms with E-state index in [1.54, 1.807) is 10.7 Å². The molecule has 0 fully saturated rings. The van der Waals surface area contributed by atoms with Gasteiger partial charge < -0.3 is 10.2 Å². The van der Waals surface area contributed by atoms with E-state index in [1.165, 1.54) is 25.1 Å². The molecular weight excluding hydrogens is 345 g/mol. The quantitative estimate of drug-likeness (QED) is 0.907. The molecule has 26 heavy (non-hydrogen) atoms. The fourth-order valence-corrected chi connectivity index (χ4v) is 3.21. The Kier molecular flexibility index (Phi) is 5.04. The van der Waals surface area contributed by atoms with Gasteiger partial charge in [0.1, 0.15) is 0 Å². The number of aromatic nitrogens is 2. The highest BCUT2D eigenvalue weighted by molar-refractivity contribution is 5.92. The summed E-state index contributed by atoms with van der Waals surface area (Å²) in [4.78, 5) is 14.6. The summed E-state index contributed by atoms with van der Waals surface area (Å²) in [5, 5.41) is 6.95. The summed E-state index contributed by atoms with van der Waals surface area (Å²) in [5.74, 6) is -0.474. The fraction of sp³-hybridized carbons (Fsp3) is 0.444. The zero-order valence-corrected chi connectivity index (χ0v) is 14.7. The van der Waals surface area contributed by atoms with Crippen molar-refractivity contribution in [1.29, 1.82) is 0 Å². The van der Waals surface area contributed by atoms with E-state index >= 15 is 0 Å². The van der Waals surface area contributed by atoms with E-state index in [9.17, 15) is 18.0 Å². The van der Waals surface area contributed by atoms with Crippen molar-refractivity contribution in [1.82, 2.24) is 20.0 Å². The van der Waals surface area contributed by atoms with Crippen LogP contribution in [-0.2, 0) is 19.3 Å². The Hall–Kier alpha value is -2.35. The molecular formula is C18H21F3N4O. The number of fused-ring (bicyclic) bond motifs is 1. The first-order chi connectivity index (χ1) is 12.3. The van der Waals surface area contributed by atoms with E-state index in [1.807, 2.05) is 7.05 Å². The molecule has 3 rings (SSSR count). The normalized spacial score (nSPS) is 16.7. The Morgan fingerprint density at radius 1 is 1.27 bits per heavy atom. The lowest BCUT2D eigenvalue weighted by Gasteiger charge is -2.19. The number of hydrogen-bond donors (Lipinski definition) is 1. The van der Waals surface area contributed by atoms with Crippen molar-refractivity contribution in [3.8, 4) is 0 Å². The van der Waals surface area contributed by atoms with Gasteiger partial charge >= 0.3 is 6.18 Å². The maximum atomic E-state index is 13.2. The Labute approximate surface area is 149 Å². The first-order valence-corrected chi connectivity index (χ1v) is 8.48. The van der Waals surface area contributed by atoms with E-state index in [0.29, 0.717) is 6.54 Å². The summed E-state index contributed by atoms with van der Waals surface area (Å²) in [7, 11) is 2.00. The van der Waals surface area contributed by atoms with Crippen LogP contribution >= 0.6 is 0 Å². The number of alkyl halides is 3. The summed E-state index contributed by atoms with van der Waals surface area (Å²) < 4.78 is 41.3. The number of aryl methyl sites for hydroxylation is 1. The highest BCUT2D eigenvalue weighted by Crippen LogP contribution is 2.34. The van der Waals surface area contributed by atoms with Gasteiger partial charge in [-0.1, -0.05) is 18.2 Å². The number of benzene rings is 1. The van der Waals surface area contributed by atoms with Crippen LogP contribution in [0.5, 0.6) is 0 Å². The third kappa shape index (κ3) is 3.90. The van der Waals surface area contributed by atoms with Gasteiger partial charge in [-0.25, -0.2) is 0 Å². The van der Waals surface area contributed by atoms with Gasteiger partial charge in [-0.05, 0) is 38.1 Å². The molecule has 1 N–H and O–H groups in total. The second kappa shape index (κ2) is 7.11. The summed E-state index contributed by atoms with van der Waals surface area (Å²) in [6.07, 6.45) is -3.53. The van der Waals surface area contributed by atoms with Gasteiger partial charge in [0.25, 0.3) is 5.91 Å². The van der Waals surface area contributed by atoms with Gasteiger partial charge in [0.2, 0.25) is 0 Å². The van der Waals surface area contributed by atoms with E-state index in [4.69, 9.17) is 0 Å². The fourth-order valence-electron chi connectivity index (χ4n) is 3.21. The van der Waals surface area contributed by atoms with Crippen LogP contribution in [0.2, 0.25) is 0 Å². The Bertz CT molecular complexity index is 800. The van der Waals surface area contributed by atoms with Crippen molar-refractivity contribution in [3.05, 3.63) is 52.8 Å². The van der Waals surface area contributed by atoms with E-state index in [2.05, 4.69) is 15.3 Å². The molecule has 1 amide bonds. The maximum absolute atomic E-state index is 13.2. The van der Waals surface area contributed by atoms with Crippen LogP contribution in [0, 0.1) is 0 Å². The molecule has 1 aliphatic rings. The predicted octanol–water partition coefficient (Wildman–Crippen LogP) is 3.23. The molecule has 0 saturated heterocycles. The zero-order valence-electron chi connectivity index (χ0n) is 14.7. The molecule has 8 heteroatoms. The zero-order chi connectivity index (χ0) is 18.9. The van der Waals surface area contributed by atoms with Gasteiger partial charge in [-0.3, -0.25) is 9.48 Å². The van der Waals surface area contributed by atoms with Crippen LogP contribution in [0.1, 0.15) is 46.7 Å². The molecule has 1 atom stereocenters. The van der Waals surface area contributed by atoms with Crippen LogP contribution in [0.4, 0.5) is 13.2 Å². The van der Waals surface area contributed by atoms with Gasteiger partial charge in [0.15, 0.2) is 5.69 Å². The molecule has 0 aliphatic carbocycles. The summed E-state index contributed by atoms with van der Waals surface area (Å²) in [5.41, 5.74) is 0.453. The number of halogens is 3. The third-order valence-corrected chi connectivity index (χ3v) is 4.52. The first-order valence-electron chi connectivity index (χ1n) is 8.48. The van der Waals surface area contributed by atoms with Crippen LogP contribution in [0.3, 0.4) is 0 Å². The van der Waals surface area contributed by atoms with Crippen molar-refractivity contribution < 1.29 is 18.0 Å². The Morgan fingerprint density at radius 3 is 2.73 bits per heavy atom. The minimum absolute atomic E-state index is 0.0360. The number of carbonyl (C=O) groups excluding carboxylic acids is 1. The summed E-state index contributed by atoms with van der Waals surface area (Å²) in [6.45, 7) is 3.90. The lowest BCUT2D eigenvalue weighted by atomic mass is 10.0. The average Bonchev–Trinajstić information content (AvgIpc) is 2.88. The lowest BCUT2D eigenvalue weighted by Crippen LogP contribution is -2.28. The number of carbonyl (C=O) groups is 1. The molecule has 2 aromatic rings. The molecule has 1 aliphatic heterocycles. The van der Waals surface area contributed by atoms with Crippen LogP contribution in [-0.4, -0.2) is 34.2 Å². The SMILES string of the molecule is C[C@@H](NC(=O)c1cc2n(n1)CCCN(C)C2)c1ccccc1C(F)(F)F. The molecule has 0 bridgehead atoms. The van der Waals surface area contributed by atoms with Gasteiger partial charge in [-0.15, -0.1) is 0 Å². The number of nitrogens with one attached hydrogen (secondary N) is 1. The predicted molar refractivity (Wildman–Crippen MR) is 90.5 cm³/mol. The summed E-state index contributed by atoms with van der Waals surface area (Å²) in [6, 6.07) is 6.19. The third-order valence-electron chi connectivity index (χ3n) is 4.52. The van der Waals surface area contributed by atoms with Crippen LogP contribution in [0.25, 0.3) is 0 Å². The Morgan fingerprint density at radius 2 is 2.00 bits per heavy atom. The monoisotopic (exact) mass is 366 g/mol. The molecule has 2 heterocycles. The van der Waals surface area contributed by atoms with Gasteiger partial charge in [0, 0.05) is 19.6 Å². The summed E-state index contributed by atoms with van der Waals surface area (Å²) >= 11 is 0. The molecule has 1 aromatic heterocycles. The van der Waals surface area contributed by atoms with Gasteiger partial charge in [-0.2, -0.15) is 18.3 Å². The maximum Gasteiger partial charge on any atom is 0.416 e. The van der Waals surface area contributed by atoms with Gasteiger partial charge in [0.05, 0.1) is 17.3 Å². The topological polar surface area (TPSA) is 50.2 Å².